The number of rotatable bonds is 1. The van der Waals surface area contributed by atoms with E-state index in [1.54, 1.807) is 0 Å². The molecule has 1 aromatic heterocycles. The van der Waals surface area contributed by atoms with Gasteiger partial charge >= 0.3 is 5.63 Å². The van der Waals surface area contributed by atoms with Crippen molar-refractivity contribution in [3.8, 4) is 0 Å². The first-order valence-electron chi connectivity index (χ1n) is 5.34. The summed E-state index contributed by atoms with van der Waals surface area (Å²) in [4.78, 5) is 11.6. The standard InChI is InChI=1S/C12H16O2/c1-8(2)11-7-9-5-3-4-6-10(9)12(13)14-11/h7-8H,3-6H2,1-2H3. The van der Waals surface area contributed by atoms with Gasteiger partial charge in [0.1, 0.15) is 5.76 Å². The predicted octanol–water partition coefficient (Wildman–Crippen LogP) is 2.64. The van der Waals surface area contributed by atoms with Crippen LogP contribution in [0.25, 0.3) is 0 Å². The molecule has 1 aliphatic rings. The lowest BCUT2D eigenvalue weighted by atomic mass is 9.92. The number of hydrogen-bond acceptors (Lipinski definition) is 2. The fraction of sp³-hybridized carbons (Fsp3) is 0.583. The third-order valence-corrected chi connectivity index (χ3v) is 2.85. The molecular formula is C12H16O2. The minimum absolute atomic E-state index is 0.106. The van der Waals surface area contributed by atoms with Crippen LogP contribution in [0.1, 0.15) is 49.5 Å². The minimum Gasteiger partial charge on any atom is -0.427 e. The Hall–Kier alpha value is -1.05. The van der Waals surface area contributed by atoms with Gasteiger partial charge in [0.05, 0.1) is 0 Å². The van der Waals surface area contributed by atoms with E-state index >= 15 is 0 Å². The Morgan fingerprint density at radius 1 is 1.29 bits per heavy atom. The molecule has 1 heterocycles. The minimum atomic E-state index is -0.106. The van der Waals surface area contributed by atoms with E-state index in [0.29, 0.717) is 5.92 Å². The molecule has 2 nitrogen and oxygen atoms in total. The maximum atomic E-state index is 11.6. The van der Waals surface area contributed by atoms with Gasteiger partial charge in [-0.3, -0.25) is 0 Å². The Balaban J connectivity index is 2.52. The molecule has 0 radical (unpaired) electrons. The summed E-state index contributed by atoms with van der Waals surface area (Å²) >= 11 is 0. The summed E-state index contributed by atoms with van der Waals surface area (Å²) in [6, 6.07) is 2.07. The second-order valence-corrected chi connectivity index (χ2v) is 4.30. The zero-order valence-corrected chi connectivity index (χ0v) is 8.80. The molecule has 0 spiro atoms. The van der Waals surface area contributed by atoms with E-state index in [-0.39, 0.29) is 5.63 Å². The third kappa shape index (κ3) is 1.61. The Bertz CT molecular complexity index is 388. The number of fused-ring (bicyclic) bond motifs is 1. The first-order chi connectivity index (χ1) is 6.68. The van der Waals surface area contributed by atoms with E-state index in [1.807, 2.05) is 13.8 Å². The molecule has 2 rings (SSSR count). The number of aryl methyl sites for hydroxylation is 1. The van der Waals surface area contributed by atoms with Crippen molar-refractivity contribution in [2.45, 2.75) is 45.4 Å². The summed E-state index contributed by atoms with van der Waals surface area (Å²) in [5.74, 6) is 1.13. The highest BCUT2D eigenvalue weighted by Gasteiger charge is 2.16. The van der Waals surface area contributed by atoms with Crippen molar-refractivity contribution < 1.29 is 4.42 Å². The highest BCUT2D eigenvalue weighted by Crippen LogP contribution is 2.22. The van der Waals surface area contributed by atoms with Crippen LogP contribution in [0.3, 0.4) is 0 Å². The summed E-state index contributed by atoms with van der Waals surface area (Å²) < 4.78 is 5.28. The molecule has 2 heteroatoms. The molecule has 1 aromatic rings. The summed E-state index contributed by atoms with van der Waals surface area (Å²) in [6.45, 7) is 4.10. The SMILES string of the molecule is CC(C)c1cc2c(c(=O)o1)CCCC2. The summed E-state index contributed by atoms with van der Waals surface area (Å²) in [6.07, 6.45) is 4.27. The largest absolute Gasteiger partial charge is 0.427 e. The molecule has 0 saturated carbocycles. The van der Waals surface area contributed by atoms with Crippen LogP contribution in [0.5, 0.6) is 0 Å². The van der Waals surface area contributed by atoms with Crippen molar-refractivity contribution in [2.75, 3.05) is 0 Å². The zero-order chi connectivity index (χ0) is 10.1. The van der Waals surface area contributed by atoms with Crippen LogP contribution in [-0.2, 0) is 12.8 Å². The van der Waals surface area contributed by atoms with Crippen LogP contribution >= 0.6 is 0 Å². The molecule has 76 valence electrons. The lowest BCUT2D eigenvalue weighted by Gasteiger charge is -2.15. The first kappa shape index (κ1) is 9.50. The van der Waals surface area contributed by atoms with Gasteiger partial charge in [0.15, 0.2) is 0 Å². The molecule has 14 heavy (non-hydrogen) atoms. The average Bonchev–Trinajstić information content (AvgIpc) is 2.17. The van der Waals surface area contributed by atoms with Crippen molar-refractivity contribution in [3.05, 3.63) is 33.4 Å². The molecule has 0 aromatic carbocycles. The lowest BCUT2D eigenvalue weighted by molar-refractivity contribution is 0.426. The smallest absolute Gasteiger partial charge is 0.339 e. The van der Waals surface area contributed by atoms with Gasteiger partial charge in [-0.1, -0.05) is 13.8 Å². The van der Waals surface area contributed by atoms with E-state index in [1.165, 1.54) is 12.0 Å². The molecular weight excluding hydrogens is 176 g/mol. The predicted molar refractivity (Wildman–Crippen MR) is 55.7 cm³/mol. The maximum Gasteiger partial charge on any atom is 0.339 e. The van der Waals surface area contributed by atoms with Gasteiger partial charge in [-0.15, -0.1) is 0 Å². The van der Waals surface area contributed by atoms with Gasteiger partial charge in [-0.2, -0.15) is 0 Å². The summed E-state index contributed by atoms with van der Waals surface area (Å²) in [7, 11) is 0. The maximum absolute atomic E-state index is 11.6. The van der Waals surface area contributed by atoms with Crippen LogP contribution < -0.4 is 5.63 Å². The molecule has 0 N–H and O–H groups in total. The topological polar surface area (TPSA) is 30.2 Å². The quantitative estimate of drug-likeness (QED) is 0.684. The second-order valence-electron chi connectivity index (χ2n) is 4.30. The van der Waals surface area contributed by atoms with E-state index in [0.717, 1.165) is 30.6 Å². The van der Waals surface area contributed by atoms with Crippen molar-refractivity contribution in [3.63, 3.8) is 0 Å². The fourth-order valence-corrected chi connectivity index (χ4v) is 1.98. The molecule has 0 aliphatic heterocycles. The van der Waals surface area contributed by atoms with E-state index in [9.17, 15) is 4.79 Å². The summed E-state index contributed by atoms with van der Waals surface area (Å²) in [5, 5.41) is 0. The van der Waals surface area contributed by atoms with Gasteiger partial charge in [-0.25, -0.2) is 4.79 Å². The van der Waals surface area contributed by atoms with E-state index < -0.39 is 0 Å². The highest BCUT2D eigenvalue weighted by molar-refractivity contribution is 5.27. The Labute approximate surface area is 83.9 Å². The molecule has 0 amide bonds. The first-order valence-corrected chi connectivity index (χ1v) is 5.34. The highest BCUT2D eigenvalue weighted by atomic mass is 16.4. The van der Waals surface area contributed by atoms with Crippen molar-refractivity contribution in [1.82, 2.24) is 0 Å². The van der Waals surface area contributed by atoms with Gasteiger partial charge < -0.3 is 4.42 Å². The molecule has 0 bridgehead atoms. The Morgan fingerprint density at radius 2 is 2.00 bits per heavy atom. The van der Waals surface area contributed by atoms with Crippen molar-refractivity contribution in [2.24, 2.45) is 0 Å². The van der Waals surface area contributed by atoms with Crippen LogP contribution in [-0.4, -0.2) is 0 Å². The van der Waals surface area contributed by atoms with Gasteiger partial charge in [0, 0.05) is 11.5 Å². The molecule has 0 unspecified atom stereocenters. The van der Waals surface area contributed by atoms with Gasteiger partial charge in [0.2, 0.25) is 0 Å². The normalized spacial score (nSPS) is 15.6. The van der Waals surface area contributed by atoms with E-state index in [2.05, 4.69) is 6.07 Å². The zero-order valence-electron chi connectivity index (χ0n) is 8.80. The molecule has 1 aliphatic carbocycles. The van der Waals surface area contributed by atoms with Crippen LogP contribution in [0, 0.1) is 0 Å². The number of hydrogen-bond donors (Lipinski definition) is 0. The summed E-state index contributed by atoms with van der Waals surface area (Å²) in [5.41, 5.74) is 2.03. The molecule has 0 saturated heterocycles. The van der Waals surface area contributed by atoms with E-state index in [4.69, 9.17) is 4.42 Å². The monoisotopic (exact) mass is 192 g/mol. The van der Waals surface area contributed by atoms with Crippen molar-refractivity contribution in [1.29, 1.82) is 0 Å². The van der Waals surface area contributed by atoms with Gasteiger partial charge in [0.25, 0.3) is 0 Å². The van der Waals surface area contributed by atoms with Crippen LogP contribution in [0.15, 0.2) is 15.3 Å². The molecule has 0 atom stereocenters. The van der Waals surface area contributed by atoms with Crippen molar-refractivity contribution >= 4 is 0 Å². The second kappa shape index (κ2) is 3.60. The van der Waals surface area contributed by atoms with Crippen LogP contribution in [0.4, 0.5) is 0 Å². The third-order valence-electron chi connectivity index (χ3n) is 2.85. The lowest BCUT2D eigenvalue weighted by Crippen LogP contribution is -2.16. The average molecular weight is 192 g/mol. The Kier molecular flexibility index (Phi) is 2.44. The van der Waals surface area contributed by atoms with Gasteiger partial charge in [-0.05, 0) is 37.3 Å². The van der Waals surface area contributed by atoms with Crippen LogP contribution in [0.2, 0.25) is 0 Å². The molecule has 0 fully saturated rings. The fourth-order valence-electron chi connectivity index (χ4n) is 1.98. The Morgan fingerprint density at radius 3 is 2.71 bits per heavy atom.